The van der Waals surface area contributed by atoms with Gasteiger partial charge in [-0.2, -0.15) is 0 Å². The summed E-state index contributed by atoms with van der Waals surface area (Å²) in [5.74, 6) is 0. The number of nitrogens with one attached hydrogen (secondary N) is 1. The Bertz CT molecular complexity index is 425. The van der Waals surface area contributed by atoms with Crippen molar-refractivity contribution in [3.8, 4) is 0 Å². The Labute approximate surface area is 134 Å². The van der Waals surface area contributed by atoms with Gasteiger partial charge in [0, 0.05) is 10.6 Å². The highest BCUT2D eigenvalue weighted by Crippen LogP contribution is 2.36. The summed E-state index contributed by atoms with van der Waals surface area (Å²) in [6, 6.07) is 8.74. The molecule has 0 amide bonds. The van der Waals surface area contributed by atoms with Crippen molar-refractivity contribution in [2.75, 3.05) is 19.6 Å². The van der Waals surface area contributed by atoms with Gasteiger partial charge < -0.3 is 5.32 Å². The summed E-state index contributed by atoms with van der Waals surface area (Å²) in [7, 11) is 0. The van der Waals surface area contributed by atoms with E-state index in [4.69, 9.17) is 11.6 Å². The van der Waals surface area contributed by atoms with Crippen molar-refractivity contribution in [1.82, 2.24) is 10.2 Å². The fourth-order valence-corrected chi connectivity index (χ4v) is 3.60. The highest BCUT2D eigenvalue weighted by molar-refractivity contribution is 6.30. The van der Waals surface area contributed by atoms with Crippen LogP contribution in [0.1, 0.15) is 58.1 Å². The van der Waals surface area contributed by atoms with E-state index in [0.29, 0.717) is 6.04 Å². The standard InChI is InChI=1S/C18H29ClN2/c1-4-12-20-17(15-8-10-16(19)11-9-15)18(3,5-2)21-13-6-7-14-21/h8-11,17,20H,4-7,12-14H2,1-3H3. The van der Waals surface area contributed by atoms with Gasteiger partial charge >= 0.3 is 0 Å². The van der Waals surface area contributed by atoms with Gasteiger partial charge in [-0.1, -0.05) is 37.6 Å². The zero-order valence-electron chi connectivity index (χ0n) is 13.7. The summed E-state index contributed by atoms with van der Waals surface area (Å²) < 4.78 is 0. The molecule has 0 saturated carbocycles. The third-order valence-electron chi connectivity index (χ3n) is 4.97. The zero-order valence-corrected chi connectivity index (χ0v) is 14.4. The van der Waals surface area contributed by atoms with Crippen LogP contribution in [0, 0.1) is 0 Å². The lowest BCUT2D eigenvalue weighted by molar-refractivity contribution is 0.0839. The van der Waals surface area contributed by atoms with Gasteiger partial charge in [0.25, 0.3) is 0 Å². The van der Waals surface area contributed by atoms with Crippen LogP contribution >= 0.6 is 11.6 Å². The summed E-state index contributed by atoms with van der Waals surface area (Å²) in [6.45, 7) is 10.5. The summed E-state index contributed by atoms with van der Waals surface area (Å²) in [5, 5.41) is 4.60. The third-order valence-corrected chi connectivity index (χ3v) is 5.22. The van der Waals surface area contributed by atoms with Crippen molar-refractivity contribution < 1.29 is 0 Å². The summed E-state index contributed by atoms with van der Waals surface area (Å²) in [6.07, 6.45) is 4.97. The Morgan fingerprint density at radius 2 is 1.81 bits per heavy atom. The van der Waals surface area contributed by atoms with E-state index in [2.05, 4.69) is 43.1 Å². The first-order valence-corrected chi connectivity index (χ1v) is 8.73. The Hall–Kier alpha value is -0.570. The maximum Gasteiger partial charge on any atom is 0.0504 e. The molecule has 1 aliphatic heterocycles. The summed E-state index contributed by atoms with van der Waals surface area (Å²) in [5.41, 5.74) is 1.52. The number of rotatable bonds is 7. The number of nitrogens with zero attached hydrogens (tertiary/aromatic N) is 1. The molecule has 0 bridgehead atoms. The van der Waals surface area contributed by atoms with Gasteiger partial charge in [0.15, 0.2) is 0 Å². The molecule has 0 radical (unpaired) electrons. The molecule has 2 rings (SSSR count). The lowest BCUT2D eigenvalue weighted by Crippen LogP contribution is -2.53. The fourth-order valence-electron chi connectivity index (χ4n) is 3.48. The maximum atomic E-state index is 6.07. The SMILES string of the molecule is CCCNC(c1ccc(Cl)cc1)C(C)(CC)N1CCCC1. The quantitative estimate of drug-likeness (QED) is 0.789. The van der Waals surface area contributed by atoms with Crippen LogP contribution in [0.4, 0.5) is 0 Å². The van der Waals surface area contributed by atoms with Gasteiger partial charge in [0.05, 0.1) is 6.04 Å². The third kappa shape index (κ3) is 3.80. The zero-order chi connectivity index (χ0) is 15.3. The van der Waals surface area contributed by atoms with Gasteiger partial charge in [-0.3, -0.25) is 4.90 Å². The molecule has 1 heterocycles. The average molecular weight is 309 g/mol. The molecule has 2 atom stereocenters. The molecule has 0 aliphatic carbocycles. The van der Waals surface area contributed by atoms with Gasteiger partial charge in [-0.05, 0) is 69.9 Å². The number of likely N-dealkylation sites (tertiary alicyclic amines) is 1. The monoisotopic (exact) mass is 308 g/mol. The lowest BCUT2D eigenvalue weighted by Gasteiger charge is -2.45. The molecule has 2 unspecified atom stereocenters. The maximum absolute atomic E-state index is 6.07. The van der Waals surface area contributed by atoms with Crippen molar-refractivity contribution in [2.45, 2.75) is 58.0 Å². The highest BCUT2D eigenvalue weighted by atomic mass is 35.5. The summed E-state index contributed by atoms with van der Waals surface area (Å²) in [4.78, 5) is 2.68. The van der Waals surface area contributed by atoms with Gasteiger partial charge in [-0.25, -0.2) is 0 Å². The minimum atomic E-state index is 0.166. The van der Waals surface area contributed by atoms with Crippen molar-refractivity contribution in [3.63, 3.8) is 0 Å². The predicted molar refractivity (Wildman–Crippen MR) is 92.0 cm³/mol. The average Bonchev–Trinajstić information content (AvgIpc) is 3.04. The minimum Gasteiger partial charge on any atom is -0.308 e. The second kappa shape index (κ2) is 7.62. The van der Waals surface area contributed by atoms with E-state index >= 15 is 0 Å². The molecule has 3 heteroatoms. The molecule has 1 aromatic carbocycles. The van der Waals surface area contributed by atoms with E-state index in [1.807, 2.05) is 12.1 Å². The van der Waals surface area contributed by atoms with Crippen LogP contribution < -0.4 is 5.32 Å². The van der Waals surface area contributed by atoms with Crippen molar-refractivity contribution in [1.29, 1.82) is 0 Å². The van der Waals surface area contributed by atoms with Crippen LogP contribution in [0.25, 0.3) is 0 Å². The summed E-state index contributed by atoms with van der Waals surface area (Å²) >= 11 is 6.07. The minimum absolute atomic E-state index is 0.166. The first-order chi connectivity index (χ1) is 10.1. The van der Waals surface area contributed by atoms with E-state index in [0.717, 1.165) is 24.4 Å². The van der Waals surface area contributed by atoms with E-state index in [1.54, 1.807) is 0 Å². The first-order valence-electron chi connectivity index (χ1n) is 8.35. The molecule has 118 valence electrons. The fraction of sp³-hybridized carbons (Fsp3) is 0.667. The van der Waals surface area contributed by atoms with Crippen LogP contribution in [0.5, 0.6) is 0 Å². The Kier molecular flexibility index (Phi) is 6.09. The van der Waals surface area contributed by atoms with Crippen molar-refractivity contribution in [3.05, 3.63) is 34.9 Å². The highest BCUT2D eigenvalue weighted by Gasteiger charge is 2.39. The second-order valence-corrected chi connectivity index (χ2v) is 6.78. The molecular formula is C18H29ClN2. The second-order valence-electron chi connectivity index (χ2n) is 6.34. The number of hydrogen-bond acceptors (Lipinski definition) is 2. The molecule has 0 spiro atoms. The molecule has 2 nitrogen and oxygen atoms in total. The van der Waals surface area contributed by atoms with E-state index in [9.17, 15) is 0 Å². The Morgan fingerprint density at radius 1 is 1.19 bits per heavy atom. The van der Waals surface area contributed by atoms with Gasteiger partial charge in [0.1, 0.15) is 0 Å². The molecular weight excluding hydrogens is 280 g/mol. The van der Waals surface area contributed by atoms with Crippen LogP contribution in [0.2, 0.25) is 5.02 Å². The lowest BCUT2D eigenvalue weighted by atomic mass is 9.83. The Morgan fingerprint density at radius 3 is 2.33 bits per heavy atom. The van der Waals surface area contributed by atoms with E-state index in [1.165, 1.54) is 31.5 Å². The molecule has 1 fully saturated rings. The van der Waals surface area contributed by atoms with E-state index < -0.39 is 0 Å². The van der Waals surface area contributed by atoms with Crippen molar-refractivity contribution in [2.24, 2.45) is 0 Å². The van der Waals surface area contributed by atoms with Crippen LogP contribution in [-0.4, -0.2) is 30.1 Å². The van der Waals surface area contributed by atoms with E-state index in [-0.39, 0.29) is 5.54 Å². The predicted octanol–water partition coefficient (Wildman–Crippen LogP) is 4.65. The van der Waals surface area contributed by atoms with Crippen LogP contribution in [-0.2, 0) is 0 Å². The van der Waals surface area contributed by atoms with Gasteiger partial charge in [-0.15, -0.1) is 0 Å². The molecule has 21 heavy (non-hydrogen) atoms. The largest absolute Gasteiger partial charge is 0.308 e. The normalized spacial score (nSPS) is 20.4. The number of halogens is 1. The number of benzene rings is 1. The molecule has 1 N–H and O–H groups in total. The van der Waals surface area contributed by atoms with Gasteiger partial charge in [0.2, 0.25) is 0 Å². The van der Waals surface area contributed by atoms with Crippen LogP contribution in [0.3, 0.4) is 0 Å². The smallest absolute Gasteiger partial charge is 0.0504 e. The topological polar surface area (TPSA) is 15.3 Å². The Balaban J connectivity index is 2.29. The van der Waals surface area contributed by atoms with Crippen LogP contribution in [0.15, 0.2) is 24.3 Å². The first kappa shape index (κ1) is 16.8. The number of hydrogen-bond donors (Lipinski definition) is 1. The molecule has 0 aromatic heterocycles. The molecule has 1 saturated heterocycles. The molecule has 1 aliphatic rings. The van der Waals surface area contributed by atoms with Crippen molar-refractivity contribution >= 4 is 11.6 Å². The molecule has 1 aromatic rings.